The number of hydrogen-bond donors (Lipinski definition) is 2. The van der Waals surface area contributed by atoms with Gasteiger partial charge in [0.2, 0.25) is 5.91 Å². The van der Waals surface area contributed by atoms with E-state index in [2.05, 4.69) is 0 Å². The largest absolute Gasteiger partial charge is 0.508 e. The van der Waals surface area contributed by atoms with Gasteiger partial charge in [-0.3, -0.25) is 14.2 Å². The summed E-state index contributed by atoms with van der Waals surface area (Å²) in [5.74, 6) is -0.468. The standard InChI is InChI=1S/C22H22Cl2N2O3/c1-3-13(5-9-20(25)28)21-12(2)26(19-8-6-15(27)11-16(19)21)22(29)14-4-7-17(23)18(24)10-14/h4,6-8,10-11,13,27H,3,5,9H2,1-2H3,(H2,25,28)/t13-/m0/s1. The minimum absolute atomic E-state index is 0.0228. The van der Waals surface area contributed by atoms with Crippen LogP contribution in [0.3, 0.4) is 0 Å². The predicted molar refractivity (Wildman–Crippen MR) is 116 cm³/mol. The number of phenols is 1. The van der Waals surface area contributed by atoms with Crippen molar-refractivity contribution in [1.82, 2.24) is 4.57 Å². The molecule has 29 heavy (non-hydrogen) atoms. The van der Waals surface area contributed by atoms with Crippen molar-refractivity contribution in [1.29, 1.82) is 0 Å². The average Bonchev–Trinajstić information content (AvgIpc) is 2.95. The lowest BCUT2D eigenvalue weighted by Gasteiger charge is -2.16. The van der Waals surface area contributed by atoms with Gasteiger partial charge in [-0.25, -0.2) is 0 Å². The van der Waals surface area contributed by atoms with E-state index in [1.165, 1.54) is 0 Å². The summed E-state index contributed by atoms with van der Waals surface area (Å²) < 4.78 is 1.62. The van der Waals surface area contributed by atoms with Crippen LogP contribution in [0.25, 0.3) is 10.9 Å². The van der Waals surface area contributed by atoms with Crippen LogP contribution < -0.4 is 5.73 Å². The highest BCUT2D eigenvalue weighted by molar-refractivity contribution is 6.42. The Morgan fingerprint density at radius 1 is 1.14 bits per heavy atom. The number of nitrogens with zero attached hydrogens (tertiary/aromatic N) is 1. The van der Waals surface area contributed by atoms with Crippen molar-refractivity contribution < 1.29 is 14.7 Å². The first-order chi connectivity index (χ1) is 13.7. The highest BCUT2D eigenvalue weighted by Gasteiger charge is 2.25. The third-order valence-corrected chi connectivity index (χ3v) is 5.99. The summed E-state index contributed by atoms with van der Waals surface area (Å²) in [6.45, 7) is 3.90. The Morgan fingerprint density at radius 3 is 2.48 bits per heavy atom. The first-order valence-electron chi connectivity index (χ1n) is 9.36. The molecule has 0 spiro atoms. The minimum Gasteiger partial charge on any atom is -0.508 e. The van der Waals surface area contributed by atoms with Gasteiger partial charge in [-0.15, -0.1) is 0 Å². The van der Waals surface area contributed by atoms with Crippen LogP contribution in [0.1, 0.15) is 53.7 Å². The third kappa shape index (κ3) is 4.11. The number of phenolic OH excluding ortho intramolecular Hbond substituents is 1. The molecule has 0 saturated heterocycles. The topological polar surface area (TPSA) is 85.3 Å². The number of nitrogens with two attached hydrogens (primary N) is 1. The summed E-state index contributed by atoms with van der Waals surface area (Å²) in [6, 6.07) is 9.69. The lowest BCUT2D eigenvalue weighted by molar-refractivity contribution is -0.118. The van der Waals surface area contributed by atoms with Crippen LogP contribution in [-0.4, -0.2) is 21.5 Å². The molecule has 0 aliphatic heterocycles. The number of hydrogen-bond acceptors (Lipinski definition) is 3. The van der Waals surface area contributed by atoms with Gasteiger partial charge in [0, 0.05) is 23.1 Å². The first-order valence-corrected chi connectivity index (χ1v) is 10.1. The number of amides is 1. The lowest BCUT2D eigenvalue weighted by atomic mass is 9.89. The van der Waals surface area contributed by atoms with E-state index in [-0.39, 0.29) is 29.9 Å². The Bertz CT molecular complexity index is 1110. The van der Waals surface area contributed by atoms with Gasteiger partial charge >= 0.3 is 0 Å². The van der Waals surface area contributed by atoms with E-state index < -0.39 is 0 Å². The van der Waals surface area contributed by atoms with Gasteiger partial charge in [-0.2, -0.15) is 0 Å². The molecule has 1 heterocycles. The van der Waals surface area contributed by atoms with Gasteiger partial charge in [-0.05, 0) is 67.6 Å². The zero-order valence-corrected chi connectivity index (χ0v) is 17.7. The second-order valence-corrected chi connectivity index (χ2v) is 7.89. The van der Waals surface area contributed by atoms with E-state index >= 15 is 0 Å². The molecule has 2 aromatic carbocycles. The smallest absolute Gasteiger partial charge is 0.262 e. The van der Waals surface area contributed by atoms with Crippen molar-refractivity contribution in [2.24, 2.45) is 5.73 Å². The minimum atomic E-state index is -0.362. The van der Waals surface area contributed by atoms with Crippen LogP contribution in [0.15, 0.2) is 36.4 Å². The summed E-state index contributed by atoms with van der Waals surface area (Å²) in [7, 11) is 0. The molecule has 0 fully saturated rings. The molecular formula is C22H22Cl2N2O3. The summed E-state index contributed by atoms with van der Waals surface area (Å²) in [5, 5.41) is 11.5. The summed E-state index contributed by atoms with van der Waals surface area (Å²) >= 11 is 12.1. The maximum absolute atomic E-state index is 13.3. The number of benzene rings is 2. The zero-order chi connectivity index (χ0) is 21.3. The molecule has 1 atom stereocenters. The van der Waals surface area contributed by atoms with Crippen LogP contribution in [0, 0.1) is 6.92 Å². The van der Waals surface area contributed by atoms with E-state index in [9.17, 15) is 14.7 Å². The summed E-state index contributed by atoms with van der Waals surface area (Å²) in [5.41, 5.74) is 8.13. The second kappa shape index (κ2) is 8.47. The number of fused-ring (bicyclic) bond motifs is 1. The van der Waals surface area contributed by atoms with Crippen LogP contribution in [0.4, 0.5) is 0 Å². The molecule has 0 unspecified atom stereocenters. The molecule has 5 nitrogen and oxygen atoms in total. The van der Waals surface area contributed by atoms with E-state index in [1.807, 2.05) is 13.8 Å². The molecule has 3 aromatic rings. The predicted octanol–water partition coefficient (Wildman–Crippen LogP) is 5.41. The Morgan fingerprint density at radius 2 is 1.86 bits per heavy atom. The Hall–Kier alpha value is -2.50. The number of aromatic nitrogens is 1. The Balaban J connectivity index is 2.20. The second-order valence-electron chi connectivity index (χ2n) is 7.08. The number of primary amides is 1. The van der Waals surface area contributed by atoms with E-state index in [0.29, 0.717) is 27.5 Å². The van der Waals surface area contributed by atoms with E-state index in [1.54, 1.807) is 41.0 Å². The molecule has 1 aromatic heterocycles. The molecule has 7 heteroatoms. The number of carbonyl (C=O) groups is 2. The van der Waals surface area contributed by atoms with Gasteiger partial charge in [0.25, 0.3) is 5.91 Å². The number of aromatic hydroxyl groups is 1. The van der Waals surface area contributed by atoms with Crippen LogP contribution in [0.5, 0.6) is 5.75 Å². The summed E-state index contributed by atoms with van der Waals surface area (Å²) in [6.07, 6.45) is 1.59. The van der Waals surface area contributed by atoms with E-state index in [0.717, 1.165) is 23.1 Å². The Labute approximate surface area is 179 Å². The van der Waals surface area contributed by atoms with Crippen molar-refractivity contribution in [3.05, 3.63) is 63.3 Å². The SMILES string of the molecule is CC[C@@H](CCC(N)=O)c1c(C)n(C(=O)c2ccc(Cl)c(Cl)c2)c2ccc(O)cc12. The van der Waals surface area contributed by atoms with Crippen LogP contribution in [-0.2, 0) is 4.79 Å². The third-order valence-electron chi connectivity index (χ3n) is 5.25. The average molecular weight is 433 g/mol. The van der Waals surface area contributed by atoms with Gasteiger partial charge in [0.05, 0.1) is 15.6 Å². The highest BCUT2D eigenvalue weighted by Crippen LogP contribution is 2.38. The molecule has 152 valence electrons. The maximum Gasteiger partial charge on any atom is 0.262 e. The van der Waals surface area contributed by atoms with Crippen molar-refractivity contribution in [3.63, 3.8) is 0 Å². The van der Waals surface area contributed by atoms with Crippen molar-refractivity contribution in [2.45, 2.75) is 39.0 Å². The molecule has 0 aliphatic rings. The van der Waals surface area contributed by atoms with Crippen molar-refractivity contribution in [3.8, 4) is 5.75 Å². The van der Waals surface area contributed by atoms with Gasteiger partial charge in [0.1, 0.15) is 5.75 Å². The molecule has 0 aliphatic carbocycles. The fourth-order valence-electron chi connectivity index (χ4n) is 3.84. The quantitative estimate of drug-likeness (QED) is 0.545. The van der Waals surface area contributed by atoms with Crippen molar-refractivity contribution in [2.75, 3.05) is 0 Å². The van der Waals surface area contributed by atoms with Gasteiger partial charge in [0.15, 0.2) is 0 Å². The molecule has 1 amide bonds. The molecule has 0 bridgehead atoms. The molecule has 0 radical (unpaired) electrons. The molecular weight excluding hydrogens is 411 g/mol. The molecule has 0 saturated carbocycles. The zero-order valence-electron chi connectivity index (χ0n) is 16.2. The van der Waals surface area contributed by atoms with Crippen LogP contribution >= 0.6 is 23.2 Å². The Kier molecular flexibility index (Phi) is 6.20. The molecule has 3 N–H and O–H groups in total. The first kappa shape index (κ1) is 21.2. The highest BCUT2D eigenvalue weighted by atomic mass is 35.5. The fourth-order valence-corrected chi connectivity index (χ4v) is 4.13. The maximum atomic E-state index is 13.3. The van der Waals surface area contributed by atoms with Gasteiger partial charge < -0.3 is 10.8 Å². The monoisotopic (exact) mass is 432 g/mol. The van der Waals surface area contributed by atoms with E-state index in [4.69, 9.17) is 28.9 Å². The fraction of sp³-hybridized carbons (Fsp3) is 0.273. The molecule has 3 rings (SSSR count). The van der Waals surface area contributed by atoms with Crippen LogP contribution in [0.2, 0.25) is 10.0 Å². The van der Waals surface area contributed by atoms with Crippen molar-refractivity contribution >= 4 is 45.9 Å². The number of rotatable bonds is 6. The lowest BCUT2D eigenvalue weighted by Crippen LogP contribution is -2.15. The number of carbonyl (C=O) groups excluding carboxylic acids is 2. The normalized spacial score (nSPS) is 12.3. The summed E-state index contributed by atoms with van der Waals surface area (Å²) in [4.78, 5) is 24.7. The van der Waals surface area contributed by atoms with Gasteiger partial charge in [-0.1, -0.05) is 30.1 Å². The number of halogens is 2.